The fourth-order valence-corrected chi connectivity index (χ4v) is 0. The zero-order valence-electron chi connectivity index (χ0n) is 2.81. The second-order valence-corrected chi connectivity index (χ2v) is 0.748. The standard InChI is InChI=1S/CH3BF2O2/c3-1(4)2(5)6/h1,5-6H. The van der Waals surface area contributed by atoms with Crippen LogP contribution in [-0.2, 0) is 0 Å². The summed E-state index contributed by atoms with van der Waals surface area (Å²) < 4.78 is 21.3. The Bertz CT molecular complexity index is 32.5. The molecular formula is CH3BF2O2. The van der Waals surface area contributed by atoms with Crippen molar-refractivity contribution < 1.29 is 18.8 Å². The van der Waals surface area contributed by atoms with E-state index in [1.165, 1.54) is 0 Å². The van der Waals surface area contributed by atoms with Crippen LogP contribution in [-0.4, -0.2) is 23.5 Å². The van der Waals surface area contributed by atoms with Gasteiger partial charge in [-0.3, -0.25) is 0 Å². The minimum absolute atomic E-state index is 2.48. The van der Waals surface area contributed by atoms with E-state index in [0.29, 0.717) is 0 Å². The fourth-order valence-electron chi connectivity index (χ4n) is 0. The van der Waals surface area contributed by atoms with Crippen LogP contribution in [0, 0.1) is 0 Å². The zero-order valence-corrected chi connectivity index (χ0v) is 2.81. The van der Waals surface area contributed by atoms with Gasteiger partial charge in [-0.1, -0.05) is 0 Å². The molecule has 0 aliphatic heterocycles. The largest absolute Gasteiger partial charge is 0.523 e. The fraction of sp³-hybridized carbons (Fsp3) is 1.00. The molecule has 0 aliphatic carbocycles. The topological polar surface area (TPSA) is 40.5 Å². The summed E-state index contributed by atoms with van der Waals surface area (Å²) in [5, 5.41) is 14.9. The van der Waals surface area contributed by atoms with E-state index >= 15 is 0 Å². The molecule has 0 spiro atoms. The summed E-state index contributed by atoms with van der Waals surface area (Å²) >= 11 is 0. The molecule has 0 aliphatic rings. The molecule has 0 amide bonds. The number of hydrogen-bond donors (Lipinski definition) is 2. The van der Waals surface area contributed by atoms with Crippen LogP contribution >= 0.6 is 0 Å². The van der Waals surface area contributed by atoms with Crippen molar-refractivity contribution >= 4 is 7.12 Å². The van der Waals surface area contributed by atoms with Crippen LogP contribution in [0.5, 0.6) is 0 Å². The highest BCUT2D eigenvalue weighted by atomic mass is 19.3. The van der Waals surface area contributed by atoms with Gasteiger partial charge in [0.15, 0.2) is 0 Å². The van der Waals surface area contributed by atoms with Crippen LogP contribution in [0.1, 0.15) is 0 Å². The van der Waals surface area contributed by atoms with Gasteiger partial charge in [0.2, 0.25) is 0 Å². The van der Waals surface area contributed by atoms with Gasteiger partial charge >= 0.3 is 7.12 Å². The van der Waals surface area contributed by atoms with Crippen molar-refractivity contribution in [3.63, 3.8) is 0 Å². The van der Waals surface area contributed by atoms with E-state index in [9.17, 15) is 8.78 Å². The summed E-state index contributed by atoms with van der Waals surface area (Å²) in [5.41, 5.74) is 0. The van der Waals surface area contributed by atoms with Gasteiger partial charge in [0.1, 0.15) is 0 Å². The average molecular weight is 95.8 g/mol. The molecule has 0 saturated heterocycles. The lowest BCUT2D eigenvalue weighted by atomic mass is 9.94. The number of hydrogen-bond acceptors (Lipinski definition) is 2. The van der Waals surface area contributed by atoms with Gasteiger partial charge in [0.05, 0.1) is 0 Å². The van der Waals surface area contributed by atoms with Crippen molar-refractivity contribution in [1.82, 2.24) is 0 Å². The quantitative estimate of drug-likeness (QED) is 0.422. The maximum Gasteiger partial charge on any atom is 0.523 e. The first kappa shape index (κ1) is 5.84. The second-order valence-electron chi connectivity index (χ2n) is 0.748. The first-order valence-electron chi connectivity index (χ1n) is 1.29. The van der Waals surface area contributed by atoms with Crippen LogP contribution in [0.3, 0.4) is 0 Å². The SMILES string of the molecule is OB(O)C(F)F. The van der Waals surface area contributed by atoms with Crippen molar-refractivity contribution in [2.45, 2.75) is 6.32 Å². The summed E-state index contributed by atoms with van der Waals surface area (Å²) in [6.45, 7) is 0. The summed E-state index contributed by atoms with van der Waals surface area (Å²) in [5.74, 6) is 0. The predicted molar refractivity (Wildman–Crippen MR) is 16.2 cm³/mol. The van der Waals surface area contributed by atoms with Crippen LogP contribution in [0.15, 0.2) is 0 Å². The summed E-state index contributed by atoms with van der Waals surface area (Å²) in [6, 6.07) is 0. The molecule has 0 fully saturated rings. The Labute approximate surface area is 33.6 Å². The molecule has 36 valence electrons. The lowest BCUT2D eigenvalue weighted by Gasteiger charge is -1.88. The van der Waals surface area contributed by atoms with Crippen LogP contribution < -0.4 is 0 Å². The highest BCUT2D eigenvalue weighted by molar-refractivity contribution is 6.41. The van der Waals surface area contributed by atoms with Crippen molar-refractivity contribution in [1.29, 1.82) is 0 Å². The molecule has 0 bridgehead atoms. The lowest BCUT2D eigenvalue weighted by molar-refractivity contribution is 0.178. The number of alkyl halides is 2. The van der Waals surface area contributed by atoms with Crippen molar-refractivity contribution in [2.24, 2.45) is 0 Å². The molecule has 6 heavy (non-hydrogen) atoms. The Morgan fingerprint density at radius 2 is 1.50 bits per heavy atom. The molecule has 0 atom stereocenters. The van der Waals surface area contributed by atoms with Crippen LogP contribution in [0.2, 0.25) is 0 Å². The Hall–Kier alpha value is -0.155. The van der Waals surface area contributed by atoms with E-state index in [4.69, 9.17) is 10.0 Å². The van der Waals surface area contributed by atoms with E-state index in [1.807, 2.05) is 0 Å². The molecule has 0 aromatic heterocycles. The smallest absolute Gasteiger partial charge is 0.423 e. The predicted octanol–water partition coefficient (Wildman–Crippen LogP) is -0.737. The zero-order chi connectivity index (χ0) is 5.15. The van der Waals surface area contributed by atoms with Crippen LogP contribution in [0.25, 0.3) is 0 Å². The summed E-state index contributed by atoms with van der Waals surface area (Å²) in [7, 11) is -2.48. The van der Waals surface area contributed by atoms with E-state index in [2.05, 4.69) is 0 Å². The second kappa shape index (κ2) is 2.10. The Kier molecular flexibility index (Phi) is 2.04. The highest BCUT2D eigenvalue weighted by Crippen LogP contribution is 1.89. The minimum atomic E-state index is -3.04. The van der Waals surface area contributed by atoms with Crippen LogP contribution in [0.4, 0.5) is 8.78 Å². The molecule has 2 N–H and O–H groups in total. The molecule has 0 heterocycles. The van der Waals surface area contributed by atoms with E-state index in [1.54, 1.807) is 0 Å². The molecule has 0 aromatic rings. The first-order chi connectivity index (χ1) is 2.64. The van der Waals surface area contributed by atoms with Crippen molar-refractivity contribution in [2.75, 3.05) is 0 Å². The summed E-state index contributed by atoms with van der Waals surface area (Å²) in [6.07, 6.45) is -3.04. The van der Waals surface area contributed by atoms with E-state index in [0.717, 1.165) is 0 Å². The number of rotatable bonds is 1. The maximum absolute atomic E-state index is 10.7. The average Bonchev–Trinajstić information content (AvgIpc) is 1.36. The van der Waals surface area contributed by atoms with Gasteiger partial charge in [-0.05, 0) is 0 Å². The molecule has 0 aromatic carbocycles. The minimum Gasteiger partial charge on any atom is -0.423 e. The molecule has 0 saturated carbocycles. The highest BCUT2D eigenvalue weighted by Gasteiger charge is 2.20. The third kappa shape index (κ3) is 2.11. The Morgan fingerprint density at radius 3 is 1.50 bits per heavy atom. The van der Waals surface area contributed by atoms with Gasteiger partial charge in [-0.2, -0.15) is 0 Å². The van der Waals surface area contributed by atoms with Crippen molar-refractivity contribution in [3.8, 4) is 0 Å². The third-order valence-corrected chi connectivity index (χ3v) is 0.225. The molecule has 5 heteroatoms. The van der Waals surface area contributed by atoms with E-state index in [-0.39, 0.29) is 0 Å². The molecule has 2 nitrogen and oxygen atoms in total. The Balaban J connectivity index is 2.99. The van der Waals surface area contributed by atoms with E-state index < -0.39 is 13.4 Å². The lowest BCUT2D eigenvalue weighted by Crippen LogP contribution is -2.22. The molecule has 0 radical (unpaired) electrons. The maximum atomic E-state index is 10.7. The molecular weight excluding hydrogens is 92.8 g/mol. The van der Waals surface area contributed by atoms with Gasteiger partial charge in [-0.25, -0.2) is 8.78 Å². The van der Waals surface area contributed by atoms with Gasteiger partial charge < -0.3 is 10.0 Å². The monoisotopic (exact) mass is 96.0 g/mol. The Morgan fingerprint density at radius 1 is 1.33 bits per heavy atom. The normalized spacial score (nSPS) is 9.50. The van der Waals surface area contributed by atoms with Gasteiger partial charge in [0, 0.05) is 0 Å². The third-order valence-electron chi connectivity index (χ3n) is 0.225. The summed E-state index contributed by atoms with van der Waals surface area (Å²) in [4.78, 5) is 0. The number of halogens is 2. The van der Waals surface area contributed by atoms with Crippen molar-refractivity contribution in [3.05, 3.63) is 0 Å². The molecule has 0 rings (SSSR count). The molecule has 0 unspecified atom stereocenters. The van der Waals surface area contributed by atoms with Gasteiger partial charge in [-0.15, -0.1) is 0 Å². The first-order valence-corrected chi connectivity index (χ1v) is 1.29. The van der Waals surface area contributed by atoms with Gasteiger partial charge in [0.25, 0.3) is 6.32 Å².